The molecule has 9 heteroatoms. The van der Waals surface area contributed by atoms with Gasteiger partial charge < -0.3 is 25.4 Å². The summed E-state index contributed by atoms with van der Waals surface area (Å²) < 4.78 is 26.0. The van der Waals surface area contributed by atoms with E-state index < -0.39 is 6.04 Å². The summed E-state index contributed by atoms with van der Waals surface area (Å²) in [6, 6.07) is 7.93. The number of carbonyl (C=O) groups is 2. The molecule has 3 N–H and O–H groups in total. The predicted molar refractivity (Wildman–Crippen MR) is 143 cm³/mol. The van der Waals surface area contributed by atoms with E-state index in [0.717, 1.165) is 57.2 Å². The van der Waals surface area contributed by atoms with Crippen LogP contribution in [0.5, 0.6) is 5.88 Å². The lowest BCUT2D eigenvalue weighted by Crippen LogP contribution is -2.43. The molecule has 4 rings (SSSR count). The van der Waals surface area contributed by atoms with Gasteiger partial charge in [0.15, 0.2) is 0 Å². The number of alkyl carbamates (subject to hydrolysis) is 1. The highest BCUT2D eigenvalue weighted by Gasteiger charge is 2.25. The Balaban J connectivity index is 1.25. The molecule has 206 valence electrons. The van der Waals surface area contributed by atoms with Crippen molar-refractivity contribution in [2.75, 3.05) is 19.6 Å². The van der Waals surface area contributed by atoms with Crippen molar-refractivity contribution >= 4 is 12.0 Å². The fraction of sp³-hybridized carbons (Fsp3) is 0.552. The number of hydrogen-bond acceptors (Lipinski definition) is 6. The average molecular weight is 527 g/mol. The highest BCUT2D eigenvalue weighted by molar-refractivity contribution is 5.82. The van der Waals surface area contributed by atoms with Gasteiger partial charge in [0.2, 0.25) is 11.8 Å². The SMILES string of the molecule is CC(C)OC(=O)NCC1CCC(Oc2ccc(-c3ccc(CC(N)C(=O)N4CCCC4)c(F)c3)cn2)CC1. The van der Waals surface area contributed by atoms with Gasteiger partial charge in [-0.1, -0.05) is 12.1 Å². The molecule has 1 saturated heterocycles. The molecule has 2 heterocycles. The quantitative estimate of drug-likeness (QED) is 0.500. The zero-order valence-corrected chi connectivity index (χ0v) is 22.3. The van der Waals surface area contributed by atoms with E-state index in [1.165, 1.54) is 6.07 Å². The third-order valence-corrected chi connectivity index (χ3v) is 7.26. The van der Waals surface area contributed by atoms with Crippen LogP contribution < -0.4 is 15.8 Å². The number of nitrogens with one attached hydrogen (secondary N) is 1. The molecule has 1 unspecified atom stereocenters. The number of aromatic nitrogens is 1. The lowest BCUT2D eigenvalue weighted by molar-refractivity contribution is -0.131. The van der Waals surface area contributed by atoms with Gasteiger partial charge in [-0.25, -0.2) is 14.2 Å². The fourth-order valence-electron chi connectivity index (χ4n) is 5.12. The molecule has 0 radical (unpaired) electrons. The molecule has 1 atom stereocenters. The van der Waals surface area contributed by atoms with E-state index in [9.17, 15) is 14.0 Å². The van der Waals surface area contributed by atoms with Crippen LogP contribution >= 0.6 is 0 Å². The second-order valence-corrected chi connectivity index (χ2v) is 10.6. The first-order valence-corrected chi connectivity index (χ1v) is 13.7. The number of hydrogen-bond donors (Lipinski definition) is 2. The highest BCUT2D eigenvalue weighted by atomic mass is 19.1. The third-order valence-electron chi connectivity index (χ3n) is 7.26. The van der Waals surface area contributed by atoms with Crippen LogP contribution in [-0.4, -0.2) is 59.8 Å². The Morgan fingerprint density at radius 2 is 1.82 bits per heavy atom. The molecule has 1 aliphatic carbocycles. The van der Waals surface area contributed by atoms with Crippen LogP contribution in [0.3, 0.4) is 0 Å². The molecule has 0 spiro atoms. The molecule has 2 amide bonds. The maximum absolute atomic E-state index is 14.9. The van der Waals surface area contributed by atoms with E-state index in [2.05, 4.69) is 10.3 Å². The van der Waals surface area contributed by atoms with E-state index in [4.69, 9.17) is 15.2 Å². The number of rotatable bonds is 9. The third kappa shape index (κ3) is 7.66. The van der Waals surface area contributed by atoms with Crippen LogP contribution in [-0.2, 0) is 16.0 Å². The van der Waals surface area contributed by atoms with E-state index >= 15 is 0 Å². The van der Waals surface area contributed by atoms with Gasteiger partial charge >= 0.3 is 6.09 Å². The second kappa shape index (κ2) is 13.0. The lowest BCUT2D eigenvalue weighted by Gasteiger charge is -2.28. The summed E-state index contributed by atoms with van der Waals surface area (Å²) in [6.07, 6.45) is 7.14. The Hall–Kier alpha value is -3.20. The Morgan fingerprint density at radius 3 is 2.45 bits per heavy atom. The minimum Gasteiger partial charge on any atom is -0.474 e. The van der Waals surface area contributed by atoms with Gasteiger partial charge in [-0.2, -0.15) is 0 Å². The molecule has 1 aliphatic heterocycles. The van der Waals surface area contributed by atoms with Crippen molar-refractivity contribution in [2.24, 2.45) is 11.7 Å². The predicted octanol–water partition coefficient (Wildman–Crippen LogP) is 4.45. The highest BCUT2D eigenvalue weighted by Crippen LogP contribution is 2.28. The van der Waals surface area contributed by atoms with Crippen LogP contribution in [0.2, 0.25) is 0 Å². The number of benzene rings is 1. The summed E-state index contributed by atoms with van der Waals surface area (Å²) in [6.45, 7) is 5.73. The van der Waals surface area contributed by atoms with Crippen molar-refractivity contribution in [3.63, 3.8) is 0 Å². The molecule has 1 saturated carbocycles. The van der Waals surface area contributed by atoms with Gasteiger partial charge in [-0.05, 0) is 88.0 Å². The summed E-state index contributed by atoms with van der Waals surface area (Å²) in [4.78, 5) is 30.3. The second-order valence-electron chi connectivity index (χ2n) is 10.6. The van der Waals surface area contributed by atoms with Gasteiger partial charge in [-0.15, -0.1) is 0 Å². The largest absolute Gasteiger partial charge is 0.474 e. The number of nitrogens with two attached hydrogens (primary N) is 1. The summed E-state index contributed by atoms with van der Waals surface area (Å²) in [5.74, 6) is 0.466. The topological polar surface area (TPSA) is 107 Å². The first-order valence-electron chi connectivity index (χ1n) is 13.7. The van der Waals surface area contributed by atoms with Crippen molar-refractivity contribution in [2.45, 2.75) is 77.0 Å². The zero-order chi connectivity index (χ0) is 27.1. The monoisotopic (exact) mass is 526 g/mol. The molecule has 2 fully saturated rings. The molecule has 1 aromatic heterocycles. The van der Waals surface area contributed by atoms with Crippen LogP contribution in [0, 0.1) is 11.7 Å². The molecular weight excluding hydrogens is 487 g/mol. The number of nitrogens with zero attached hydrogens (tertiary/aromatic N) is 2. The van der Waals surface area contributed by atoms with Gasteiger partial charge in [0.25, 0.3) is 0 Å². The van der Waals surface area contributed by atoms with Crippen molar-refractivity contribution in [1.29, 1.82) is 0 Å². The number of carbonyl (C=O) groups excluding carboxylic acids is 2. The number of pyridine rings is 1. The number of ether oxygens (including phenoxy) is 2. The smallest absolute Gasteiger partial charge is 0.407 e. The maximum Gasteiger partial charge on any atom is 0.407 e. The summed E-state index contributed by atoms with van der Waals surface area (Å²) in [5.41, 5.74) is 8.01. The van der Waals surface area contributed by atoms with Crippen LogP contribution in [0.15, 0.2) is 36.5 Å². The number of likely N-dealkylation sites (tertiary alicyclic amines) is 1. The number of amides is 2. The molecule has 1 aromatic carbocycles. The zero-order valence-electron chi connectivity index (χ0n) is 22.3. The Bertz CT molecular complexity index is 1080. The molecular formula is C29H39FN4O4. The van der Waals surface area contributed by atoms with Crippen molar-refractivity contribution in [3.05, 3.63) is 47.9 Å². The molecule has 0 bridgehead atoms. The first kappa shape index (κ1) is 27.8. The molecule has 2 aliphatic rings. The standard InChI is InChI=1S/C29H39FN4O4/c1-19(2)37-29(36)33-17-20-5-10-24(11-6-20)38-27-12-9-23(18-32-27)21-7-8-22(25(30)15-21)16-26(31)28(35)34-13-3-4-14-34/h7-9,12,15,18-20,24,26H,3-6,10-11,13-14,16-17,31H2,1-2H3,(H,33,36). The number of halogens is 1. The summed E-state index contributed by atoms with van der Waals surface area (Å²) in [7, 11) is 0. The van der Waals surface area contributed by atoms with Gasteiger partial charge in [0, 0.05) is 37.5 Å². The minimum absolute atomic E-state index is 0.0800. The van der Waals surface area contributed by atoms with Crippen molar-refractivity contribution in [1.82, 2.24) is 15.2 Å². The first-order chi connectivity index (χ1) is 18.3. The molecule has 38 heavy (non-hydrogen) atoms. The Morgan fingerprint density at radius 1 is 1.11 bits per heavy atom. The average Bonchev–Trinajstić information content (AvgIpc) is 3.44. The van der Waals surface area contributed by atoms with E-state index in [1.807, 2.05) is 26.0 Å². The normalized spacial score (nSPS) is 20.3. The molecule has 8 nitrogen and oxygen atoms in total. The maximum atomic E-state index is 14.9. The van der Waals surface area contributed by atoms with E-state index in [-0.39, 0.29) is 36.4 Å². The van der Waals surface area contributed by atoms with Gasteiger partial charge in [-0.3, -0.25) is 4.79 Å². The van der Waals surface area contributed by atoms with Crippen LogP contribution in [0.1, 0.15) is 57.9 Å². The Kier molecular flexibility index (Phi) is 9.55. The fourth-order valence-corrected chi connectivity index (χ4v) is 5.12. The van der Waals surface area contributed by atoms with Gasteiger partial charge in [0.05, 0.1) is 12.1 Å². The van der Waals surface area contributed by atoms with Crippen LogP contribution in [0.4, 0.5) is 9.18 Å². The summed E-state index contributed by atoms with van der Waals surface area (Å²) in [5, 5.41) is 2.84. The lowest BCUT2D eigenvalue weighted by atomic mass is 9.87. The Labute approximate surface area is 224 Å². The van der Waals surface area contributed by atoms with Gasteiger partial charge in [0.1, 0.15) is 11.9 Å². The van der Waals surface area contributed by atoms with Crippen molar-refractivity contribution < 1.29 is 23.5 Å². The molecule has 2 aromatic rings. The minimum atomic E-state index is -0.737. The van der Waals surface area contributed by atoms with E-state index in [1.54, 1.807) is 23.2 Å². The van der Waals surface area contributed by atoms with E-state index in [0.29, 0.717) is 29.5 Å². The van der Waals surface area contributed by atoms with Crippen molar-refractivity contribution in [3.8, 4) is 17.0 Å². The van der Waals surface area contributed by atoms with Crippen LogP contribution in [0.25, 0.3) is 11.1 Å². The summed E-state index contributed by atoms with van der Waals surface area (Å²) >= 11 is 0.